The summed E-state index contributed by atoms with van der Waals surface area (Å²) in [6, 6.07) is 7.16. The predicted molar refractivity (Wildman–Crippen MR) is 72.2 cm³/mol. The average Bonchev–Trinajstić information content (AvgIpc) is 2.23. The molecule has 0 amide bonds. The number of thiocarbonyl (C=S) groups is 1. The Balaban J connectivity index is 2.55. The van der Waals surface area contributed by atoms with E-state index in [1.165, 1.54) is 6.26 Å². The summed E-state index contributed by atoms with van der Waals surface area (Å²) in [5, 5.41) is 0. The molecule has 1 rings (SSSR count). The minimum atomic E-state index is -2.94. The van der Waals surface area contributed by atoms with Gasteiger partial charge < -0.3 is 10.5 Å². The predicted octanol–water partition coefficient (Wildman–Crippen LogP) is 1.13. The molecule has 6 heteroatoms. The van der Waals surface area contributed by atoms with Gasteiger partial charge in [0, 0.05) is 6.26 Å². The maximum atomic E-state index is 10.9. The molecular weight excluding hydrogens is 258 g/mol. The molecule has 0 aliphatic carbocycles. The molecule has 0 saturated carbocycles. The highest BCUT2D eigenvalue weighted by Gasteiger charge is 2.06. The molecule has 0 atom stereocenters. The minimum Gasteiger partial charge on any atom is -0.493 e. The van der Waals surface area contributed by atoms with E-state index in [0.717, 1.165) is 0 Å². The van der Waals surface area contributed by atoms with Crippen molar-refractivity contribution in [1.82, 2.24) is 0 Å². The molecule has 0 aliphatic heterocycles. The molecular formula is C11H15NO3S2. The highest BCUT2D eigenvalue weighted by Crippen LogP contribution is 2.17. The van der Waals surface area contributed by atoms with Crippen molar-refractivity contribution < 1.29 is 13.2 Å². The number of hydrogen-bond donors (Lipinski definition) is 1. The van der Waals surface area contributed by atoms with Crippen LogP contribution in [0, 0.1) is 0 Å². The van der Waals surface area contributed by atoms with E-state index in [-0.39, 0.29) is 10.7 Å². The summed E-state index contributed by atoms with van der Waals surface area (Å²) in [5.41, 5.74) is 6.21. The first-order valence-corrected chi connectivity index (χ1v) is 7.56. The molecule has 0 saturated heterocycles. The summed E-state index contributed by atoms with van der Waals surface area (Å²) in [6.07, 6.45) is 1.65. The fourth-order valence-electron chi connectivity index (χ4n) is 1.30. The van der Waals surface area contributed by atoms with Crippen molar-refractivity contribution in [2.24, 2.45) is 5.73 Å². The molecule has 0 spiro atoms. The van der Waals surface area contributed by atoms with Gasteiger partial charge in [0.2, 0.25) is 0 Å². The molecule has 17 heavy (non-hydrogen) atoms. The highest BCUT2D eigenvalue weighted by atomic mass is 32.2. The van der Waals surface area contributed by atoms with Gasteiger partial charge in [-0.3, -0.25) is 0 Å². The Morgan fingerprint density at radius 3 is 2.65 bits per heavy atom. The first-order chi connectivity index (χ1) is 7.90. The zero-order chi connectivity index (χ0) is 12.9. The summed E-state index contributed by atoms with van der Waals surface area (Å²) in [5.74, 6) is 0.705. The Labute approximate surface area is 107 Å². The smallest absolute Gasteiger partial charge is 0.147 e. The van der Waals surface area contributed by atoms with Gasteiger partial charge in [0.1, 0.15) is 20.6 Å². The second-order valence-corrected chi connectivity index (χ2v) is 6.39. The van der Waals surface area contributed by atoms with Gasteiger partial charge in [-0.1, -0.05) is 24.4 Å². The molecule has 0 unspecified atom stereocenters. The third-order valence-corrected chi connectivity index (χ3v) is 3.32. The second-order valence-electron chi connectivity index (χ2n) is 3.69. The quantitative estimate of drug-likeness (QED) is 0.621. The topological polar surface area (TPSA) is 69.4 Å². The van der Waals surface area contributed by atoms with Crippen LogP contribution in [0.3, 0.4) is 0 Å². The van der Waals surface area contributed by atoms with Crippen LogP contribution in [0.2, 0.25) is 0 Å². The lowest BCUT2D eigenvalue weighted by Gasteiger charge is -2.09. The van der Waals surface area contributed by atoms with Crippen LogP contribution in [-0.4, -0.2) is 32.0 Å². The van der Waals surface area contributed by atoms with Crippen molar-refractivity contribution >= 4 is 27.0 Å². The standard InChI is InChI=1S/C11H15NO3S2/c1-17(13,14)8-4-7-15-10-6-3-2-5-9(10)11(12)16/h2-3,5-6H,4,7-8H2,1H3,(H2,12,16). The largest absolute Gasteiger partial charge is 0.493 e. The monoisotopic (exact) mass is 273 g/mol. The van der Waals surface area contributed by atoms with Crippen LogP contribution >= 0.6 is 12.2 Å². The number of ether oxygens (including phenoxy) is 1. The average molecular weight is 273 g/mol. The molecule has 0 aliphatic rings. The van der Waals surface area contributed by atoms with E-state index in [2.05, 4.69) is 0 Å². The number of benzene rings is 1. The number of para-hydroxylation sites is 1. The molecule has 0 aromatic heterocycles. The van der Waals surface area contributed by atoms with Crippen molar-refractivity contribution in [3.05, 3.63) is 29.8 Å². The van der Waals surface area contributed by atoms with Crippen molar-refractivity contribution in [3.63, 3.8) is 0 Å². The number of sulfone groups is 1. The van der Waals surface area contributed by atoms with E-state index in [1.54, 1.807) is 12.1 Å². The van der Waals surface area contributed by atoms with Crippen LogP contribution in [0.25, 0.3) is 0 Å². The van der Waals surface area contributed by atoms with Gasteiger partial charge in [0.05, 0.1) is 17.9 Å². The molecule has 0 heterocycles. The van der Waals surface area contributed by atoms with Gasteiger partial charge in [-0.15, -0.1) is 0 Å². The SMILES string of the molecule is CS(=O)(=O)CCCOc1ccccc1C(N)=S. The molecule has 94 valence electrons. The van der Waals surface area contributed by atoms with E-state index >= 15 is 0 Å². The van der Waals surface area contributed by atoms with Crippen LogP contribution in [0.4, 0.5) is 0 Å². The zero-order valence-electron chi connectivity index (χ0n) is 9.55. The summed E-state index contributed by atoms with van der Waals surface area (Å²) in [7, 11) is -2.94. The fraction of sp³-hybridized carbons (Fsp3) is 0.364. The van der Waals surface area contributed by atoms with E-state index in [9.17, 15) is 8.42 Å². The third kappa shape index (κ3) is 5.14. The molecule has 0 radical (unpaired) electrons. The van der Waals surface area contributed by atoms with Gasteiger partial charge in [0.15, 0.2) is 0 Å². The first-order valence-electron chi connectivity index (χ1n) is 5.09. The van der Waals surface area contributed by atoms with Crippen LogP contribution in [-0.2, 0) is 9.84 Å². The van der Waals surface area contributed by atoms with Crippen LogP contribution in [0.1, 0.15) is 12.0 Å². The van der Waals surface area contributed by atoms with Gasteiger partial charge in [-0.25, -0.2) is 8.42 Å². The van der Waals surface area contributed by atoms with Crippen LogP contribution < -0.4 is 10.5 Å². The summed E-state index contributed by atoms with van der Waals surface area (Å²) in [6.45, 7) is 0.326. The lowest BCUT2D eigenvalue weighted by Crippen LogP contribution is -2.13. The lowest BCUT2D eigenvalue weighted by atomic mass is 10.2. The zero-order valence-corrected chi connectivity index (χ0v) is 11.2. The molecule has 0 fully saturated rings. The normalized spacial score (nSPS) is 11.1. The molecule has 1 aromatic rings. The third-order valence-electron chi connectivity index (χ3n) is 2.07. The van der Waals surface area contributed by atoms with E-state index in [4.69, 9.17) is 22.7 Å². The Hall–Kier alpha value is -1.14. The lowest BCUT2D eigenvalue weighted by molar-refractivity contribution is 0.317. The van der Waals surface area contributed by atoms with E-state index in [0.29, 0.717) is 24.3 Å². The Morgan fingerprint density at radius 2 is 2.06 bits per heavy atom. The van der Waals surface area contributed by atoms with Crippen molar-refractivity contribution in [2.75, 3.05) is 18.6 Å². The summed E-state index contributed by atoms with van der Waals surface area (Å²) >= 11 is 4.89. The van der Waals surface area contributed by atoms with Gasteiger partial charge in [0.25, 0.3) is 0 Å². The minimum absolute atomic E-state index is 0.113. The first kappa shape index (κ1) is 13.9. The van der Waals surface area contributed by atoms with Crippen molar-refractivity contribution in [3.8, 4) is 5.75 Å². The van der Waals surface area contributed by atoms with Gasteiger partial charge >= 0.3 is 0 Å². The molecule has 2 N–H and O–H groups in total. The van der Waals surface area contributed by atoms with Crippen molar-refractivity contribution in [1.29, 1.82) is 0 Å². The highest BCUT2D eigenvalue weighted by molar-refractivity contribution is 7.90. The van der Waals surface area contributed by atoms with Gasteiger partial charge in [-0.05, 0) is 18.6 Å². The van der Waals surface area contributed by atoms with Gasteiger partial charge in [-0.2, -0.15) is 0 Å². The van der Waals surface area contributed by atoms with Crippen LogP contribution in [0.15, 0.2) is 24.3 Å². The number of nitrogens with two attached hydrogens (primary N) is 1. The fourth-order valence-corrected chi connectivity index (χ4v) is 2.11. The Bertz CT molecular complexity index is 497. The molecule has 1 aromatic carbocycles. The maximum Gasteiger partial charge on any atom is 0.147 e. The summed E-state index contributed by atoms with van der Waals surface area (Å²) < 4.78 is 27.3. The number of rotatable bonds is 6. The second kappa shape index (κ2) is 5.97. The number of hydrogen-bond acceptors (Lipinski definition) is 4. The summed E-state index contributed by atoms with van der Waals surface area (Å²) in [4.78, 5) is 0.267. The molecule has 0 bridgehead atoms. The van der Waals surface area contributed by atoms with E-state index < -0.39 is 9.84 Å². The van der Waals surface area contributed by atoms with Crippen molar-refractivity contribution in [2.45, 2.75) is 6.42 Å². The van der Waals surface area contributed by atoms with E-state index in [1.807, 2.05) is 12.1 Å². The Morgan fingerprint density at radius 1 is 1.41 bits per heavy atom. The molecule has 4 nitrogen and oxygen atoms in total. The maximum absolute atomic E-state index is 10.9. The Kier molecular flexibility index (Phi) is 4.89. The van der Waals surface area contributed by atoms with Crippen LogP contribution in [0.5, 0.6) is 5.75 Å².